The number of pyridine rings is 1. The third-order valence-electron chi connectivity index (χ3n) is 4.52. The molecule has 21 heavy (non-hydrogen) atoms. The van der Waals surface area contributed by atoms with Crippen LogP contribution in [0.1, 0.15) is 56.6 Å². The summed E-state index contributed by atoms with van der Waals surface area (Å²) >= 11 is 0. The molecule has 116 valence electrons. The molecular weight excluding hydrogens is 264 g/mol. The van der Waals surface area contributed by atoms with Crippen molar-refractivity contribution in [2.45, 2.75) is 47.0 Å². The van der Waals surface area contributed by atoms with Gasteiger partial charge in [-0.25, -0.2) is 9.78 Å². The van der Waals surface area contributed by atoms with Crippen molar-refractivity contribution in [3.8, 4) is 0 Å². The van der Waals surface area contributed by atoms with Gasteiger partial charge in [-0.15, -0.1) is 0 Å². The first-order chi connectivity index (χ1) is 9.81. The Balaban J connectivity index is 2.16. The van der Waals surface area contributed by atoms with E-state index in [-0.39, 0.29) is 0 Å². The van der Waals surface area contributed by atoms with Gasteiger partial charge in [-0.2, -0.15) is 0 Å². The summed E-state index contributed by atoms with van der Waals surface area (Å²) < 4.78 is 0. The Morgan fingerprint density at radius 2 is 1.95 bits per heavy atom. The molecule has 1 aliphatic heterocycles. The highest BCUT2D eigenvalue weighted by atomic mass is 16.4. The molecule has 1 fully saturated rings. The Labute approximate surface area is 127 Å². The number of carbonyl (C=O) groups is 1. The average molecular weight is 290 g/mol. The maximum atomic E-state index is 11.2. The van der Waals surface area contributed by atoms with Crippen LogP contribution >= 0.6 is 0 Å². The summed E-state index contributed by atoms with van der Waals surface area (Å²) in [7, 11) is 0. The van der Waals surface area contributed by atoms with Crippen molar-refractivity contribution in [3.05, 3.63) is 23.4 Å². The highest BCUT2D eigenvalue weighted by Crippen LogP contribution is 2.35. The molecule has 0 saturated carbocycles. The van der Waals surface area contributed by atoms with Crippen LogP contribution in [-0.4, -0.2) is 29.1 Å². The molecule has 1 saturated heterocycles. The molecule has 0 radical (unpaired) electrons. The van der Waals surface area contributed by atoms with Crippen LogP contribution in [0.4, 0.5) is 5.82 Å². The van der Waals surface area contributed by atoms with Crippen LogP contribution < -0.4 is 4.90 Å². The summed E-state index contributed by atoms with van der Waals surface area (Å²) in [4.78, 5) is 18.1. The van der Waals surface area contributed by atoms with Gasteiger partial charge in [0.2, 0.25) is 0 Å². The Hall–Kier alpha value is -1.58. The molecule has 1 aromatic heterocycles. The lowest BCUT2D eigenvalue weighted by Crippen LogP contribution is -2.38. The number of aryl methyl sites for hydroxylation is 1. The Morgan fingerprint density at radius 1 is 1.33 bits per heavy atom. The first-order valence-corrected chi connectivity index (χ1v) is 7.80. The maximum Gasteiger partial charge on any atom is 0.335 e. The predicted octanol–water partition coefficient (Wildman–Crippen LogP) is 3.60. The van der Waals surface area contributed by atoms with E-state index >= 15 is 0 Å². The first kappa shape index (κ1) is 15.8. The maximum absolute atomic E-state index is 11.2. The number of nitrogens with zero attached hydrogens (tertiary/aromatic N) is 2. The van der Waals surface area contributed by atoms with Gasteiger partial charge in [-0.05, 0) is 42.7 Å². The number of rotatable bonds is 3. The number of aromatic nitrogens is 1. The molecule has 4 heteroatoms. The summed E-state index contributed by atoms with van der Waals surface area (Å²) in [5, 5.41) is 9.23. The molecule has 1 aromatic rings. The van der Waals surface area contributed by atoms with Crippen LogP contribution in [0.2, 0.25) is 0 Å². The number of aromatic carboxylic acids is 1. The molecule has 2 heterocycles. The van der Waals surface area contributed by atoms with Gasteiger partial charge >= 0.3 is 5.97 Å². The SMILES string of the molecule is CCc1cc(C(=O)O)cc(N2CCC(C(C)(C)C)CC2)n1. The van der Waals surface area contributed by atoms with Crippen molar-refractivity contribution >= 4 is 11.8 Å². The van der Waals surface area contributed by atoms with Crippen LogP contribution in [0.5, 0.6) is 0 Å². The minimum atomic E-state index is -0.877. The van der Waals surface area contributed by atoms with E-state index in [1.807, 2.05) is 6.92 Å². The normalized spacial score (nSPS) is 17.0. The van der Waals surface area contributed by atoms with E-state index in [0.717, 1.165) is 49.8 Å². The molecule has 1 aliphatic rings. The summed E-state index contributed by atoms with van der Waals surface area (Å²) in [5.74, 6) is 0.666. The lowest BCUT2D eigenvalue weighted by molar-refractivity contribution is 0.0696. The molecule has 0 atom stereocenters. The molecule has 1 N–H and O–H groups in total. The highest BCUT2D eigenvalue weighted by molar-refractivity contribution is 5.88. The first-order valence-electron chi connectivity index (χ1n) is 7.80. The summed E-state index contributed by atoms with van der Waals surface area (Å²) in [6, 6.07) is 3.38. The van der Waals surface area contributed by atoms with E-state index in [9.17, 15) is 9.90 Å². The third kappa shape index (κ3) is 3.74. The van der Waals surface area contributed by atoms with Crippen molar-refractivity contribution in [3.63, 3.8) is 0 Å². The van der Waals surface area contributed by atoms with Gasteiger partial charge in [0.1, 0.15) is 5.82 Å². The molecule has 0 unspecified atom stereocenters. The van der Waals surface area contributed by atoms with E-state index in [0.29, 0.717) is 11.0 Å². The fraction of sp³-hybridized carbons (Fsp3) is 0.647. The molecule has 0 spiro atoms. The Kier molecular flexibility index (Phi) is 4.55. The van der Waals surface area contributed by atoms with E-state index in [4.69, 9.17) is 0 Å². The number of hydrogen-bond acceptors (Lipinski definition) is 3. The number of anilines is 1. The lowest BCUT2D eigenvalue weighted by Gasteiger charge is -2.39. The van der Waals surface area contributed by atoms with Crippen molar-refractivity contribution in [2.75, 3.05) is 18.0 Å². The molecule has 4 nitrogen and oxygen atoms in total. The van der Waals surface area contributed by atoms with Gasteiger partial charge in [0, 0.05) is 18.8 Å². The second-order valence-electron chi connectivity index (χ2n) is 6.99. The number of piperidine rings is 1. The van der Waals surface area contributed by atoms with Gasteiger partial charge < -0.3 is 10.0 Å². The molecule has 0 aliphatic carbocycles. The smallest absolute Gasteiger partial charge is 0.335 e. The van der Waals surface area contributed by atoms with E-state index in [1.165, 1.54) is 0 Å². The zero-order chi connectivity index (χ0) is 15.6. The van der Waals surface area contributed by atoms with Crippen molar-refractivity contribution in [1.82, 2.24) is 4.98 Å². The zero-order valence-electron chi connectivity index (χ0n) is 13.5. The van der Waals surface area contributed by atoms with Crippen LogP contribution in [0.15, 0.2) is 12.1 Å². The fourth-order valence-corrected chi connectivity index (χ4v) is 3.01. The van der Waals surface area contributed by atoms with Crippen molar-refractivity contribution in [2.24, 2.45) is 11.3 Å². The summed E-state index contributed by atoms with van der Waals surface area (Å²) in [5.41, 5.74) is 1.54. The predicted molar refractivity (Wildman–Crippen MR) is 85.0 cm³/mol. The molecule has 0 amide bonds. The van der Waals surface area contributed by atoms with E-state index in [2.05, 4.69) is 30.7 Å². The third-order valence-corrected chi connectivity index (χ3v) is 4.52. The second kappa shape index (κ2) is 6.04. The number of hydrogen-bond donors (Lipinski definition) is 1. The topological polar surface area (TPSA) is 53.4 Å². The minimum Gasteiger partial charge on any atom is -0.478 e. The van der Waals surface area contributed by atoms with Crippen LogP contribution in [0.3, 0.4) is 0 Å². The minimum absolute atomic E-state index is 0.342. The van der Waals surface area contributed by atoms with E-state index in [1.54, 1.807) is 12.1 Å². The lowest BCUT2D eigenvalue weighted by atomic mass is 9.75. The summed E-state index contributed by atoms with van der Waals surface area (Å²) in [6.45, 7) is 10.8. The Bertz CT molecular complexity index is 512. The van der Waals surface area contributed by atoms with Crippen molar-refractivity contribution in [1.29, 1.82) is 0 Å². The average Bonchev–Trinajstić information content (AvgIpc) is 2.46. The molecule has 0 aromatic carbocycles. The molecular formula is C17H26N2O2. The van der Waals surface area contributed by atoms with Gasteiger partial charge in [-0.1, -0.05) is 27.7 Å². The second-order valence-corrected chi connectivity index (χ2v) is 6.99. The van der Waals surface area contributed by atoms with Crippen molar-refractivity contribution < 1.29 is 9.90 Å². The molecule has 0 bridgehead atoms. The van der Waals surface area contributed by atoms with Crippen LogP contribution in [-0.2, 0) is 6.42 Å². The van der Waals surface area contributed by atoms with Gasteiger partial charge in [0.25, 0.3) is 0 Å². The van der Waals surface area contributed by atoms with Crippen LogP contribution in [0.25, 0.3) is 0 Å². The fourth-order valence-electron chi connectivity index (χ4n) is 3.01. The largest absolute Gasteiger partial charge is 0.478 e. The monoisotopic (exact) mass is 290 g/mol. The highest BCUT2D eigenvalue weighted by Gasteiger charge is 2.29. The molecule has 2 rings (SSSR count). The summed E-state index contributed by atoms with van der Waals surface area (Å²) in [6.07, 6.45) is 3.04. The van der Waals surface area contributed by atoms with Gasteiger partial charge in [0.05, 0.1) is 5.56 Å². The zero-order valence-corrected chi connectivity index (χ0v) is 13.5. The number of carboxylic acids is 1. The van der Waals surface area contributed by atoms with Gasteiger partial charge in [-0.3, -0.25) is 0 Å². The van der Waals surface area contributed by atoms with Crippen LogP contribution in [0, 0.1) is 11.3 Å². The Morgan fingerprint density at radius 3 is 2.43 bits per heavy atom. The number of carboxylic acid groups (broad SMARTS) is 1. The van der Waals surface area contributed by atoms with Gasteiger partial charge in [0.15, 0.2) is 0 Å². The standard InChI is InChI=1S/C17H26N2O2/c1-5-14-10-12(16(20)21)11-15(18-14)19-8-6-13(7-9-19)17(2,3)4/h10-11,13H,5-9H2,1-4H3,(H,20,21). The van der Waals surface area contributed by atoms with E-state index < -0.39 is 5.97 Å². The quantitative estimate of drug-likeness (QED) is 0.924.